The second-order valence-electron chi connectivity index (χ2n) is 5.85. The van der Waals surface area contributed by atoms with E-state index in [0.29, 0.717) is 23.6 Å². The molecule has 1 unspecified atom stereocenters. The highest BCUT2D eigenvalue weighted by Crippen LogP contribution is 2.31. The van der Waals surface area contributed by atoms with Crippen molar-refractivity contribution in [2.45, 2.75) is 12.3 Å². The third-order valence-electron chi connectivity index (χ3n) is 4.16. The molecule has 0 bridgehead atoms. The Kier molecular flexibility index (Phi) is 3.76. The monoisotopic (exact) mass is 341 g/mol. The maximum Gasteiger partial charge on any atom is 0.257 e. The maximum atomic E-state index is 13.0. The number of hydrogen-bond donors (Lipinski definition) is 0. The van der Waals surface area contributed by atoms with Gasteiger partial charge in [-0.2, -0.15) is 4.98 Å². The molecule has 25 heavy (non-hydrogen) atoms. The second-order valence-corrected chi connectivity index (χ2v) is 5.85. The Morgan fingerprint density at radius 1 is 1.00 bits per heavy atom. The van der Waals surface area contributed by atoms with Crippen LogP contribution in [0.25, 0.3) is 11.5 Å². The van der Waals surface area contributed by atoms with Crippen molar-refractivity contribution in [2.24, 2.45) is 0 Å². The lowest BCUT2D eigenvalue weighted by Gasteiger charge is -2.15. The molecule has 0 aliphatic carbocycles. The van der Waals surface area contributed by atoms with Crippen LogP contribution in [0.4, 0.5) is 14.5 Å². The van der Waals surface area contributed by atoms with Gasteiger partial charge in [-0.25, -0.2) is 8.78 Å². The van der Waals surface area contributed by atoms with E-state index in [9.17, 15) is 13.6 Å². The van der Waals surface area contributed by atoms with E-state index in [2.05, 4.69) is 10.1 Å². The van der Waals surface area contributed by atoms with Gasteiger partial charge < -0.3 is 9.42 Å². The van der Waals surface area contributed by atoms with Crippen molar-refractivity contribution in [3.8, 4) is 11.5 Å². The molecule has 7 heteroatoms. The topological polar surface area (TPSA) is 59.2 Å². The van der Waals surface area contributed by atoms with E-state index in [1.807, 2.05) is 0 Å². The lowest BCUT2D eigenvalue weighted by molar-refractivity contribution is -0.117. The number of hydrogen-bond acceptors (Lipinski definition) is 4. The van der Waals surface area contributed by atoms with Crippen LogP contribution in [0.2, 0.25) is 0 Å². The maximum absolute atomic E-state index is 13.0. The van der Waals surface area contributed by atoms with Crippen molar-refractivity contribution in [1.82, 2.24) is 10.1 Å². The summed E-state index contributed by atoms with van der Waals surface area (Å²) >= 11 is 0. The molecule has 1 amide bonds. The third kappa shape index (κ3) is 3.00. The molecule has 2 aromatic carbocycles. The first-order chi connectivity index (χ1) is 12.1. The van der Waals surface area contributed by atoms with Gasteiger partial charge in [0.2, 0.25) is 5.91 Å². The van der Waals surface area contributed by atoms with E-state index in [1.54, 1.807) is 29.2 Å². The van der Waals surface area contributed by atoms with E-state index in [1.165, 1.54) is 24.3 Å². The molecule has 2 heterocycles. The zero-order chi connectivity index (χ0) is 17.4. The normalized spacial score (nSPS) is 17.3. The van der Waals surface area contributed by atoms with Crippen LogP contribution in [0.15, 0.2) is 53.1 Å². The SMILES string of the molecule is O=C1CC(c2noc(-c3ccc(F)cc3)n2)CN1c1ccc(F)cc1. The zero-order valence-electron chi connectivity index (χ0n) is 13.0. The molecule has 126 valence electrons. The molecular formula is C18H13F2N3O2. The third-order valence-corrected chi connectivity index (χ3v) is 4.16. The first kappa shape index (κ1) is 15.4. The van der Waals surface area contributed by atoms with Gasteiger partial charge >= 0.3 is 0 Å². The summed E-state index contributed by atoms with van der Waals surface area (Å²) in [5.41, 5.74) is 1.25. The summed E-state index contributed by atoms with van der Waals surface area (Å²) in [6, 6.07) is 11.5. The van der Waals surface area contributed by atoms with Crippen molar-refractivity contribution in [2.75, 3.05) is 11.4 Å². The van der Waals surface area contributed by atoms with Crippen LogP contribution in [-0.4, -0.2) is 22.6 Å². The molecule has 1 atom stereocenters. The summed E-state index contributed by atoms with van der Waals surface area (Å²) in [5, 5.41) is 3.95. The highest BCUT2D eigenvalue weighted by Gasteiger charge is 2.34. The molecule has 0 radical (unpaired) electrons. The fourth-order valence-electron chi connectivity index (χ4n) is 2.86. The quantitative estimate of drug-likeness (QED) is 0.731. The predicted molar refractivity (Wildman–Crippen MR) is 85.8 cm³/mol. The van der Waals surface area contributed by atoms with Gasteiger partial charge in [-0.05, 0) is 48.5 Å². The minimum Gasteiger partial charge on any atom is -0.334 e. The fourth-order valence-corrected chi connectivity index (χ4v) is 2.86. The molecule has 0 N–H and O–H groups in total. The van der Waals surface area contributed by atoms with E-state index in [0.717, 1.165) is 0 Å². The van der Waals surface area contributed by atoms with E-state index >= 15 is 0 Å². The van der Waals surface area contributed by atoms with Gasteiger partial charge in [0, 0.05) is 30.1 Å². The number of nitrogens with zero attached hydrogens (tertiary/aromatic N) is 3. The standard InChI is InChI=1S/C18H13F2N3O2/c19-13-3-1-11(2-4-13)18-21-17(22-25-18)12-9-16(24)23(10-12)15-7-5-14(20)6-8-15/h1-8,12H,9-10H2. The first-order valence-corrected chi connectivity index (χ1v) is 7.75. The van der Waals surface area contributed by atoms with Gasteiger partial charge in [0.25, 0.3) is 5.89 Å². The first-order valence-electron chi connectivity index (χ1n) is 7.75. The summed E-state index contributed by atoms with van der Waals surface area (Å²) in [6.07, 6.45) is 0.250. The Labute approximate surface area is 141 Å². The second kappa shape index (κ2) is 6.08. The van der Waals surface area contributed by atoms with Crippen LogP contribution in [0.3, 0.4) is 0 Å². The van der Waals surface area contributed by atoms with Crippen molar-refractivity contribution < 1.29 is 18.1 Å². The van der Waals surface area contributed by atoms with E-state index < -0.39 is 0 Å². The van der Waals surface area contributed by atoms with Gasteiger partial charge in [-0.3, -0.25) is 4.79 Å². The molecule has 1 aliphatic rings. The number of benzene rings is 2. The highest BCUT2D eigenvalue weighted by atomic mass is 19.1. The van der Waals surface area contributed by atoms with Crippen LogP contribution in [-0.2, 0) is 4.79 Å². The van der Waals surface area contributed by atoms with Crippen LogP contribution < -0.4 is 4.90 Å². The van der Waals surface area contributed by atoms with Crippen molar-refractivity contribution in [3.63, 3.8) is 0 Å². The average molecular weight is 341 g/mol. The number of aromatic nitrogens is 2. The zero-order valence-corrected chi connectivity index (χ0v) is 13.0. The molecule has 0 spiro atoms. The number of carbonyl (C=O) groups excluding carboxylic acids is 1. The van der Waals surface area contributed by atoms with Crippen LogP contribution in [0.5, 0.6) is 0 Å². The van der Waals surface area contributed by atoms with Gasteiger partial charge in [0.05, 0.1) is 0 Å². The number of carbonyl (C=O) groups is 1. The Hall–Kier alpha value is -3.09. The molecule has 1 aromatic heterocycles. The van der Waals surface area contributed by atoms with Gasteiger partial charge in [0.15, 0.2) is 5.82 Å². The number of halogens is 2. The van der Waals surface area contributed by atoms with Gasteiger partial charge in [0.1, 0.15) is 11.6 Å². The molecule has 3 aromatic rings. The summed E-state index contributed by atoms with van der Waals surface area (Å²) in [4.78, 5) is 18.2. The summed E-state index contributed by atoms with van der Waals surface area (Å²) in [5.74, 6) is -0.283. The molecule has 5 nitrogen and oxygen atoms in total. The molecule has 1 saturated heterocycles. The molecule has 1 aliphatic heterocycles. The fraction of sp³-hybridized carbons (Fsp3) is 0.167. The highest BCUT2D eigenvalue weighted by molar-refractivity contribution is 5.96. The van der Waals surface area contributed by atoms with Crippen molar-refractivity contribution in [3.05, 3.63) is 66.0 Å². The molecule has 1 fully saturated rings. The molecule has 4 rings (SSSR count). The van der Waals surface area contributed by atoms with Gasteiger partial charge in [-0.15, -0.1) is 0 Å². The Bertz CT molecular complexity index is 907. The van der Waals surface area contributed by atoms with Crippen LogP contribution >= 0.6 is 0 Å². The molecule has 0 saturated carbocycles. The van der Waals surface area contributed by atoms with Crippen molar-refractivity contribution in [1.29, 1.82) is 0 Å². The lowest BCUT2D eigenvalue weighted by atomic mass is 10.1. The average Bonchev–Trinajstić information content (AvgIpc) is 3.23. The van der Waals surface area contributed by atoms with E-state index in [4.69, 9.17) is 4.52 Å². The number of anilines is 1. The minimum absolute atomic E-state index is 0.0789. The smallest absolute Gasteiger partial charge is 0.257 e. The Morgan fingerprint density at radius 2 is 1.64 bits per heavy atom. The summed E-state index contributed by atoms with van der Waals surface area (Å²) in [7, 11) is 0. The lowest BCUT2D eigenvalue weighted by Crippen LogP contribution is -2.24. The van der Waals surface area contributed by atoms with Gasteiger partial charge in [-0.1, -0.05) is 5.16 Å². The number of amides is 1. The Balaban J connectivity index is 1.54. The summed E-state index contributed by atoms with van der Waals surface area (Å²) in [6.45, 7) is 0.396. The van der Waals surface area contributed by atoms with Crippen LogP contribution in [0.1, 0.15) is 18.2 Å². The largest absolute Gasteiger partial charge is 0.334 e. The van der Waals surface area contributed by atoms with Crippen molar-refractivity contribution >= 4 is 11.6 Å². The minimum atomic E-state index is -0.353. The Morgan fingerprint density at radius 3 is 2.32 bits per heavy atom. The number of rotatable bonds is 3. The van der Waals surface area contributed by atoms with Crippen LogP contribution in [0, 0.1) is 11.6 Å². The molecular weight excluding hydrogens is 328 g/mol. The summed E-state index contributed by atoms with van der Waals surface area (Å²) < 4.78 is 31.3. The van der Waals surface area contributed by atoms with E-state index in [-0.39, 0.29) is 35.8 Å². The predicted octanol–water partition coefficient (Wildman–Crippen LogP) is 3.54.